The molecule has 0 saturated carbocycles. The van der Waals surface area contributed by atoms with Crippen LogP contribution in [-0.4, -0.2) is 65.6 Å². The minimum atomic E-state index is -0.531. The highest BCUT2D eigenvalue weighted by Gasteiger charge is 2.44. The van der Waals surface area contributed by atoms with Gasteiger partial charge in [0.25, 0.3) is 11.6 Å². The van der Waals surface area contributed by atoms with E-state index in [9.17, 15) is 19.7 Å². The molecule has 0 spiro atoms. The number of piperazine rings is 1. The van der Waals surface area contributed by atoms with Crippen LogP contribution in [0.5, 0.6) is 0 Å². The van der Waals surface area contributed by atoms with Gasteiger partial charge in [-0.15, -0.1) is 0 Å². The molecule has 2 saturated heterocycles. The van der Waals surface area contributed by atoms with Crippen molar-refractivity contribution in [2.24, 2.45) is 0 Å². The summed E-state index contributed by atoms with van der Waals surface area (Å²) < 4.78 is 0. The first kappa shape index (κ1) is 20.8. The maximum atomic E-state index is 13.0. The highest BCUT2D eigenvalue weighted by Crippen LogP contribution is 2.27. The molecule has 9 heteroatoms. The van der Waals surface area contributed by atoms with Crippen LogP contribution < -0.4 is 9.80 Å². The second-order valence-corrected chi connectivity index (χ2v) is 7.95. The third-order valence-corrected chi connectivity index (χ3v) is 5.90. The van der Waals surface area contributed by atoms with Crippen LogP contribution in [0, 0.1) is 17.0 Å². The molecule has 0 aromatic heterocycles. The number of imide groups is 1. The van der Waals surface area contributed by atoms with Gasteiger partial charge in [0.2, 0.25) is 0 Å². The number of aryl methyl sites for hydroxylation is 1. The second kappa shape index (κ2) is 8.35. The van der Waals surface area contributed by atoms with Crippen LogP contribution in [-0.2, 0) is 4.79 Å². The van der Waals surface area contributed by atoms with Gasteiger partial charge in [0.15, 0.2) is 0 Å². The standard InChI is InChI=1S/C22H25N5O4/c1-16-3-5-19(6-4-16)26-17(2)21(28)25(22(26)29)15-23-11-13-24(14-12-23)18-7-9-20(10-8-18)27(30)31/h3-10,17H,11-15H2,1-2H3/t17-/m1/s1. The minimum Gasteiger partial charge on any atom is -0.369 e. The van der Waals surface area contributed by atoms with E-state index in [-0.39, 0.29) is 24.3 Å². The molecule has 31 heavy (non-hydrogen) atoms. The number of non-ortho nitro benzene ring substituents is 1. The first-order chi connectivity index (χ1) is 14.8. The van der Waals surface area contributed by atoms with Gasteiger partial charge in [0.1, 0.15) is 6.04 Å². The number of benzene rings is 2. The van der Waals surface area contributed by atoms with Gasteiger partial charge < -0.3 is 4.90 Å². The fraction of sp³-hybridized carbons (Fsp3) is 0.364. The van der Waals surface area contributed by atoms with E-state index in [0.717, 1.165) is 16.9 Å². The van der Waals surface area contributed by atoms with Crippen molar-refractivity contribution in [1.82, 2.24) is 9.80 Å². The summed E-state index contributed by atoms with van der Waals surface area (Å²) in [6.07, 6.45) is 0. The molecule has 3 amide bonds. The zero-order chi connectivity index (χ0) is 22.1. The number of anilines is 2. The summed E-state index contributed by atoms with van der Waals surface area (Å²) in [6, 6.07) is 13.3. The zero-order valence-electron chi connectivity index (χ0n) is 17.6. The van der Waals surface area contributed by atoms with Crippen molar-refractivity contribution >= 4 is 29.0 Å². The zero-order valence-corrected chi connectivity index (χ0v) is 17.6. The Morgan fingerprint density at radius 2 is 1.52 bits per heavy atom. The molecule has 2 heterocycles. The van der Waals surface area contributed by atoms with Crippen LogP contribution in [0.2, 0.25) is 0 Å². The predicted molar refractivity (Wildman–Crippen MR) is 117 cm³/mol. The molecule has 2 aromatic carbocycles. The molecule has 2 fully saturated rings. The summed E-state index contributed by atoms with van der Waals surface area (Å²) in [4.78, 5) is 43.3. The maximum Gasteiger partial charge on any atom is 0.333 e. The average molecular weight is 423 g/mol. The van der Waals surface area contributed by atoms with Crippen LogP contribution in [0.15, 0.2) is 48.5 Å². The van der Waals surface area contributed by atoms with Crippen LogP contribution >= 0.6 is 0 Å². The molecular weight excluding hydrogens is 398 g/mol. The molecule has 162 valence electrons. The number of nitrogens with zero attached hydrogens (tertiary/aromatic N) is 5. The highest BCUT2D eigenvalue weighted by molar-refractivity contribution is 6.14. The van der Waals surface area contributed by atoms with E-state index in [0.29, 0.717) is 26.2 Å². The smallest absolute Gasteiger partial charge is 0.333 e. The topological polar surface area (TPSA) is 90.2 Å². The number of rotatable bonds is 5. The summed E-state index contributed by atoms with van der Waals surface area (Å²) in [5.74, 6) is -0.191. The molecule has 0 radical (unpaired) electrons. The largest absolute Gasteiger partial charge is 0.369 e. The number of amides is 3. The number of carbonyl (C=O) groups is 2. The lowest BCUT2D eigenvalue weighted by Gasteiger charge is -2.37. The van der Waals surface area contributed by atoms with Crippen LogP contribution in [0.25, 0.3) is 0 Å². The molecule has 2 aromatic rings. The number of nitro benzene ring substituents is 1. The van der Waals surface area contributed by atoms with Gasteiger partial charge in [-0.1, -0.05) is 17.7 Å². The number of carbonyl (C=O) groups excluding carboxylic acids is 2. The van der Waals surface area contributed by atoms with Gasteiger partial charge >= 0.3 is 6.03 Å². The molecule has 0 unspecified atom stereocenters. The highest BCUT2D eigenvalue weighted by atomic mass is 16.6. The van der Waals surface area contributed by atoms with Crippen molar-refractivity contribution in [2.75, 3.05) is 42.6 Å². The minimum absolute atomic E-state index is 0.0701. The summed E-state index contributed by atoms with van der Waals surface area (Å²) >= 11 is 0. The molecule has 2 aliphatic heterocycles. The van der Waals surface area contributed by atoms with E-state index in [4.69, 9.17) is 0 Å². The molecule has 0 bridgehead atoms. The van der Waals surface area contributed by atoms with Crippen molar-refractivity contribution in [3.63, 3.8) is 0 Å². The molecular formula is C22H25N5O4. The third-order valence-electron chi connectivity index (χ3n) is 5.90. The summed E-state index contributed by atoms with van der Waals surface area (Å²) in [5, 5.41) is 10.8. The Morgan fingerprint density at radius 3 is 2.10 bits per heavy atom. The molecule has 0 aliphatic carbocycles. The van der Waals surface area contributed by atoms with Crippen molar-refractivity contribution < 1.29 is 14.5 Å². The van der Waals surface area contributed by atoms with Gasteiger partial charge in [0.05, 0.1) is 11.6 Å². The van der Waals surface area contributed by atoms with Gasteiger partial charge in [-0.2, -0.15) is 0 Å². The molecule has 4 rings (SSSR count). The fourth-order valence-electron chi connectivity index (χ4n) is 4.03. The van der Waals surface area contributed by atoms with E-state index in [2.05, 4.69) is 9.80 Å². The fourth-order valence-corrected chi connectivity index (χ4v) is 4.03. The van der Waals surface area contributed by atoms with Gasteiger partial charge in [0, 0.05) is 49.7 Å². The molecule has 2 aliphatic rings. The Hall–Kier alpha value is -3.46. The van der Waals surface area contributed by atoms with Crippen molar-refractivity contribution in [1.29, 1.82) is 0 Å². The van der Waals surface area contributed by atoms with E-state index in [1.54, 1.807) is 24.0 Å². The average Bonchev–Trinajstić information content (AvgIpc) is 2.98. The second-order valence-electron chi connectivity index (χ2n) is 7.95. The monoisotopic (exact) mass is 423 g/mol. The number of urea groups is 1. The summed E-state index contributed by atoms with van der Waals surface area (Å²) in [6.45, 7) is 6.80. The lowest BCUT2D eigenvalue weighted by molar-refractivity contribution is -0.384. The van der Waals surface area contributed by atoms with E-state index >= 15 is 0 Å². The molecule has 0 N–H and O–H groups in total. The number of hydrogen-bond donors (Lipinski definition) is 0. The van der Waals surface area contributed by atoms with E-state index in [1.807, 2.05) is 31.2 Å². The lowest BCUT2D eigenvalue weighted by atomic mass is 10.2. The maximum absolute atomic E-state index is 13.0. The number of nitro groups is 1. The Morgan fingerprint density at radius 1 is 0.935 bits per heavy atom. The lowest BCUT2D eigenvalue weighted by Crippen LogP contribution is -2.51. The quantitative estimate of drug-likeness (QED) is 0.417. The van der Waals surface area contributed by atoms with Crippen LogP contribution in [0.1, 0.15) is 12.5 Å². The van der Waals surface area contributed by atoms with Crippen LogP contribution in [0.4, 0.5) is 21.9 Å². The van der Waals surface area contributed by atoms with E-state index < -0.39 is 11.0 Å². The van der Waals surface area contributed by atoms with Crippen molar-refractivity contribution in [3.8, 4) is 0 Å². The van der Waals surface area contributed by atoms with Crippen molar-refractivity contribution in [2.45, 2.75) is 19.9 Å². The first-order valence-electron chi connectivity index (χ1n) is 10.3. The SMILES string of the molecule is Cc1ccc(N2C(=O)N(CN3CCN(c4ccc([N+](=O)[O-])cc4)CC3)C(=O)[C@H]2C)cc1. The Balaban J connectivity index is 1.37. The molecule has 9 nitrogen and oxygen atoms in total. The Labute approximate surface area is 180 Å². The van der Waals surface area contributed by atoms with Crippen LogP contribution in [0.3, 0.4) is 0 Å². The Bertz CT molecular complexity index is 984. The predicted octanol–water partition coefficient (Wildman–Crippen LogP) is 2.84. The third kappa shape index (κ3) is 4.09. The van der Waals surface area contributed by atoms with Gasteiger partial charge in [-0.25, -0.2) is 9.69 Å². The van der Waals surface area contributed by atoms with Crippen molar-refractivity contribution in [3.05, 3.63) is 64.2 Å². The first-order valence-corrected chi connectivity index (χ1v) is 10.3. The Kier molecular flexibility index (Phi) is 5.60. The van der Waals surface area contributed by atoms with Gasteiger partial charge in [-0.3, -0.25) is 24.7 Å². The molecule has 1 atom stereocenters. The normalized spacial score (nSPS) is 19.9. The number of hydrogen-bond acceptors (Lipinski definition) is 6. The van der Waals surface area contributed by atoms with E-state index in [1.165, 1.54) is 17.0 Å². The van der Waals surface area contributed by atoms with Gasteiger partial charge in [-0.05, 0) is 38.1 Å². The summed E-state index contributed by atoms with van der Waals surface area (Å²) in [5.41, 5.74) is 2.82. The summed E-state index contributed by atoms with van der Waals surface area (Å²) in [7, 11) is 0.